The summed E-state index contributed by atoms with van der Waals surface area (Å²) in [5.41, 5.74) is 1.05. The summed E-state index contributed by atoms with van der Waals surface area (Å²) in [7, 11) is -4.04. The molecule has 41 heavy (non-hydrogen) atoms. The van der Waals surface area contributed by atoms with E-state index in [1.807, 2.05) is 24.3 Å². The molecular weight excluding hydrogens is 583 g/mol. The van der Waals surface area contributed by atoms with Crippen LogP contribution >= 0.6 is 23.2 Å². The third-order valence-electron chi connectivity index (χ3n) is 6.63. The zero-order valence-electron chi connectivity index (χ0n) is 22.0. The lowest BCUT2D eigenvalue weighted by atomic mass is 10.1. The molecule has 7 nitrogen and oxygen atoms in total. The number of rotatable bonds is 10. The molecule has 1 aliphatic carbocycles. The number of hydrogen-bond donors (Lipinski definition) is 2. The third-order valence-corrected chi connectivity index (χ3v) is 8.55. The Balaban J connectivity index is 1.26. The fourth-order valence-corrected chi connectivity index (χ4v) is 5.97. The molecule has 0 saturated heterocycles. The summed E-state index contributed by atoms with van der Waals surface area (Å²) in [6.07, 6.45) is 4.68. The predicted octanol–water partition coefficient (Wildman–Crippen LogP) is 7.84. The van der Waals surface area contributed by atoms with Crippen LogP contribution in [0.2, 0.25) is 10.0 Å². The van der Waals surface area contributed by atoms with Gasteiger partial charge in [0.05, 0.1) is 27.3 Å². The maximum atomic E-state index is 13.2. The van der Waals surface area contributed by atoms with Gasteiger partial charge in [-0.25, -0.2) is 8.42 Å². The quantitative estimate of drug-likeness (QED) is 0.191. The molecule has 1 saturated carbocycles. The number of ether oxygens (including phenoxy) is 2. The lowest BCUT2D eigenvalue weighted by Crippen LogP contribution is -2.25. The maximum Gasteiger partial charge on any atom is 0.261 e. The largest absolute Gasteiger partial charge is 0.490 e. The number of anilines is 1. The van der Waals surface area contributed by atoms with Gasteiger partial charge >= 0.3 is 0 Å². The normalized spacial score (nSPS) is 13.5. The number of amides is 1. The average molecular weight is 612 g/mol. The van der Waals surface area contributed by atoms with Crippen molar-refractivity contribution >= 4 is 44.8 Å². The lowest BCUT2D eigenvalue weighted by molar-refractivity contribution is 0.0951. The number of halogens is 2. The lowest BCUT2D eigenvalue weighted by Gasteiger charge is -2.15. The van der Waals surface area contributed by atoms with E-state index in [2.05, 4.69) is 10.0 Å². The van der Waals surface area contributed by atoms with Crippen molar-refractivity contribution in [2.45, 2.75) is 43.2 Å². The van der Waals surface area contributed by atoms with Gasteiger partial charge in [-0.15, -0.1) is 0 Å². The molecule has 0 heterocycles. The van der Waals surface area contributed by atoms with Crippen molar-refractivity contribution in [2.75, 3.05) is 4.72 Å². The summed E-state index contributed by atoms with van der Waals surface area (Å²) < 4.78 is 40.7. The summed E-state index contributed by atoms with van der Waals surface area (Å²) in [6.45, 7) is 0.228. The van der Waals surface area contributed by atoms with E-state index >= 15 is 0 Å². The molecule has 4 aromatic carbocycles. The van der Waals surface area contributed by atoms with E-state index in [1.54, 1.807) is 24.3 Å². The van der Waals surface area contributed by atoms with E-state index in [0.29, 0.717) is 21.5 Å². The molecule has 0 aromatic heterocycles. The fourth-order valence-electron chi connectivity index (χ4n) is 4.54. The van der Waals surface area contributed by atoms with E-state index in [1.165, 1.54) is 55.3 Å². The van der Waals surface area contributed by atoms with Gasteiger partial charge in [0.15, 0.2) is 0 Å². The molecule has 1 fully saturated rings. The van der Waals surface area contributed by atoms with Crippen LogP contribution in [-0.4, -0.2) is 20.4 Å². The molecule has 2 N–H and O–H groups in total. The second-order valence-corrected chi connectivity index (χ2v) is 12.2. The molecule has 1 amide bonds. The first-order valence-corrected chi connectivity index (χ1v) is 15.4. The summed E-state index contributed by atoms with van der Waals surface area (Å²) in [5.74, 6) is 1.16. The average Bonchev–Trinajstić information content (AvgIpc) is 3.47. The number of benzene rings is 4. The molecule has 212 valence electrons. The third kappa shape index (κ3) is 7.52. The Hall–Kier alpha value is -3.72. The number of nitrogens with one attached hydrogen (secondary N) is 2. The van der Waals surface area contributed by atoms with Crippen molar-refractivity contribution in [1.82, 2.24) is 5.32 Å². The van der Waals surface area contributed by atoms with Crippen LogP contribution in [0.5, 0.6) is 17.2 Å². The Bertz CT molecular complexity index is 1640. The molecule has 5 rings (SSSR count). The number of sulfonamides is 1. The molecule has 0 bridgehead atoms. The minimum absolute atomic E-state index is 0.00982. The van der Waals surface area contributed by atoms with Gasteiger partial charge in [-0.1, -0.05) is 47.5 Å². The summed E-state index contributed by atoms with van der Waals surface area (Å²) >= 11 is 12.3. The standard InChI is InChI=1S/C31H28Cl2N2O5S/c32-22-12-17-29(35-41(37,38)26-15-13-24(14-16-26)40-30-11-4-3-10-28(30)33)27(19-22)31(36)34-20-21-6-5-9-25(18-21)39-23-7-1-2-8-23/h3-6,9-19,23,35H,1-2,7-8,20H2,(H,34,36). The summed E-state index contributed by atoms with van der Waals surface area (Å²) in [4.78, 5) is 13.1. The van der Waals surface area contributed by atoms with Crippen LogP contribution in [0.4, 0.5) is 5.69 Å². The number of para-hydroxylation sites is 1. The molecule has 0 spiro atoms. The van der Waals surface area contributed by atoms with E-state index in [9.17, 15) is 13.2 Å². The summed E-state index contributed by atoms with van der Waals surface area (Å²) in [5, 5.41) is 3.58. The van der Waals surface area contributed by atoms with E-state index < -0.39 is 15.9 Å². The highest BCUT2D eigenvalue weighted by molar-refractivity contribution is 7.92. The Labute approximate surface area is 249 Å². The van der Waals surface area contributed by atoms with Crippen molar-refractivity contribution in [2.24, 2.45) is 0 Å². The van der Waals surface area contributed by atoms with Crippen molar-refractivity contribution < 1.29 is 22.7 Å². The van der Waals surface area contributed by atoms with Crippen LogP contribution in [0, 0.1) is 0 Å². The monoisotopic (exact) mass is 610 g/mol. The van der Waals surface area contributed by atoms with Gasteiger partial charge in [0.2, 0.25) is 0 Å². The fraction of sp³-hybridized carbons (Fsp3) is 0.194. The summed E-state index contributed by atoms with van der Waals surface area (Å²) in [6, 6.07) is 24.8. The van der Waals surface area contributed by atoms with E-state index in [0.717, 1.165) is 24.2 Å². The molecule has 4 aromatic rings. The van der Waals surface area contributed by atoms with Gasteiger partial charge in [-0.2, -0.15) is 0 Å². The van der Waals surface area contributed by atoms with Crippen LogP contribution in [0.1, 0.15) is 41.6 Å². The molecule has 0 atom stereocenters. The zero-order valence-corrected chi connectivity index (χ0v) is 24.3. The van der Waals surface area contributed by atoms with Crippen molar-refractivity contribution in [1.29, 1.82) is 0 Å². The van der Waals surface area contributed by atoms with Crippen LogP contribution in [0.25, 0.3) is 0 Å². The topological polar surface area (TPSA) is 93.7 Å². The Morgan fingerprint density at radius 2 is 1.61 bits per heavy atom. The highest BCUT2D eigenvalue weighted by Crippen LogP contribution is 2.30. The van der Waals surface area contributed by atoms with Gasteiger partial charge in [0.25, 0.3) is 15.9 Å². The van der Waals surface area contributed by atoms with Crippen molar-refractivity contribution in [3.63, 3.8) is 0 Å². The smallest absolute Gasteiger partial charge is 0.261 e. The molecule has 0 unspecified atom stereocenters. The molecule has 10 heteroatoms. The van der Waals surface area contributed by atoms with Crippen molar-refractivity contribution in [3.05, 3.63) is 112 Å². The van der Waals surface area contributed by atoms with E-state index in [4.69, 9.17) is 32.7 Å². The Morgan fingerprint density at radius 3 is 2.37 bits per heavy atom. The van der Waals surface area contributed by atoms with Gasteiger partial charge in [0, 0.05) is 11.6 Å². The molecular formula is C31H28Cl2N2O5S. The minimum Gasteiger partial charge on any atom is -0.490 e. The number of hydrogen-bond acceptors (Lipinski definition) is 5. The highest BCUT2D eigenvalue weighted by atomic mass is 35.5. The number of carbonyl (C=O) groups is 1. The first-order valence-electron chi connectivity index (χ1n) is 13.2. The Kier molecular flexibility index (Phi) is 9.03. The van der Waals surface area contributed by atoms with Gasteiger partial charge in [0.1, 0.15) is 17.2 Å². The van der Waals surface area contributed by atoms with Crippen LogP contribution in [-0.2, 0) is 16.6 Å². The first kappa shape index (κ1) is 28.8. The predicted molar refractivity (Wildman–Crippen MR) is 161 cm³/mol. The highest BCUT2D eigenvalue weighted by Gasteiger charge is 2.20. The minimum atomic E-state index is -4.04. The number of carbonyl (C=O) groups excluding carboxylic acids is 1. The first-order chi connectivity index (χ1) is 19.8. The second kappa shape index (κ2) is 12.9. The van der Waals surface area contributed by atoms with Crippen LogP contribution in [0.15, 0.2) is 95.9 Å². The molecule has 1 aliphatic rings. The van der Waals surface area contributed by atoms with E-state index in [-0.39, 0.29) is 28.8 Å². The van der Waals surface area contributed by atoms with Crippen LogP contribution < -0.4 is 19.5 Å². The maximum absolute atomic E-state index is 13.2. The van der Waals surface area contributed by atoms with Gasteiger partial charge in [-0.3, -0.25) is 9.52 Å². The molecule has 0 radical (unpaired) electrons. The van der Waals surface area contributed by atoms with Gasteiger partial charge < -0.3 is 14.8 Å². The SMILES string of the molecule is O=C(NCc1cccc(OC2CCCC2)c1)c1cc(Cl)ccc1NS(=O)(=O)c1ccc(Oc2ccccc2Cl)cc1. The second-order valence-electron chi connectivity index (χ2n) is 9.65. The van der Waals surface area contributed by atoms with Crippen molar-refractivity contribution in [3.8, 4) is 17.2 Å². The Morgan fingerprint density at radius 1 is 0.854 bits per heavy atom. The molecule has 0 aliphatic heterocycles. The van der Waals surface area contributed by atoms with Gasteiger partial charge in [-0.05, 0) is 98.0 Å². The van der Waals surface area contributed by atoms with Crippen LogP contribution in [0.3, 0.4) is 0 Å². The zero-order chi connectivity index (χ0) is 28.8.